The van der Waals surface area contributed by atoms with Crippen LogP contribution in [-0.2, 0) is 14.8 Å². The molecule has 2 aromatic carbocycles. The van der Waals surface area contributed by atoms with Crippen LogP contribution in [0.2, 0.25) is 0 Å². The molecule has 9 heteroatoms. The predicted molar refractivity (Wildman–Crippen MR) is 127 cm³/mol. The summed E-state index contributed by atoms with van der Waals surface area (Å²) >= 11 is 0. The first-order chi connectivity index (χ1) is 16.2. The lowest BCUT2D eigenvalue weighted by Crippen LogP contribution is -2.46. The van der Waals surface area contributed by atoms with Crippen LogP contribution in [-0.4, -0.2) is 56.2 Å². The van der Waals surface area contributed by atoms with Gasteiger partial charge in [0.2, 0.25) is 5.91 Å². The van der Waals surface area contributed by atoms with Crippen molar-refractivity contribution in [2.45, 2.75) is 37.5 Å². The van der Waals surface area contributed by atoms with Gasteiger partial charge in [-0.05, 0) is 68.0 Å². The van der Waals surface area contributed by atoms with Gasteiger partial charge in [-0.3, -0.25) is 14.3 Å². The molecule has 4 rings (SSSR count). The van der Waals surface area contributed by atoms with E-state index in [1.54, 1.807) is 4.90 Å². The number of nitrogens with one attached hydrogen (secondary N) is 1. The lowest BCUT2D eigenvalue weighted by Gasteiger charge is -2.36. The van der Waals surface area contributed by atoms with E-state index in [1.165, 1.54) is 48.5 Å². The van der Waals surface area contributed by atoms with E-state index in [0.717, 1.165) is 25.9 Å². The highest BCUT2D eigenvalue weighted by atomic mass is 32.2. The molecule has 0 saturated carbocycles. The molecular formula is C25H30FN3O4S. The smallest absolute Gasteiger partial charge is 0.261 e. The van der Waals surface area contributed by atoms with Gasteiger partial charge in [0, 0.05) is 37.7 Å². The number of hydrogen-bond donors (Lipinski definition) is 1. The molecule has 1 N–H and O–H groups in total. The van der Waals surface area contributed by atoms with Crippen LogP contribution in [0.5, 0.6) is 0 Å². The predicted octanol–water partition coefficient (Wildman–Crippen LogP) is 3.74. The monoisotopic (exact) mass is 487 g/mol. The highest BCUT2D eigenvalue weighted by molar-refractivity contribution is 7.92. The Morgan fingerprint density at radius 1 is 0.882 bits per heavy atom. The summed E-state index contributed by atoms with van der Waals surface area (Å²) in [5.74, 6) is -0.0381. The molecule has 2 saturated heterocycles. The fourth-order valence-electron chi connectivity index (χ4n) is 4.52. The fraction of sp³-hybridized carbons (Fsp3) is 0.440. The zero-order valence-electron chi connectivity index (χ0n) is 19.2. The second-order valence-corrected chi connectivity index (χ2v) is 10.9. The van der Waals surface area contributed by atoms with Gasteiger partial charge in [0.25, 0.3) is 15.9 Å². The maximum Gasteiger partial charge on any atom is 0.261 e. The van der Waals surface area contributed by atoms with Crippen molar-refractivity contribution in [3.63, 3.8) is 0 Å². The van der Waals surface area contributed by atoms with E-state index >= 15 is 0 Å². The van der Waals surface area contributed by atoms with E-state index in [-0.39, 0.29) is 28.3 Å². The molecule has 34 heavy (non-hydrogen) atoms. The quantitative estimate of drug-likeness (QED) is 0.696. The number of rotatable bonds is 5. The number of halogens is 1. The summed E-state index contributed by atoms with van der Waals surface area (Å²) in [5, 5.41) is 0. The minimum absolute atomic E-state index is 0.0468. The van der Waals surface area contributed by atoms with Gasteiger partial charge in [0.1, 0.15) is 5.82 Å². The van der Waals surface area contributed by atoms with Crippen LogP contribution < -0.4 is 4.72 Å². The molecule has 2 amide bonds. The molecule has 2 aliphatic heterocycles. The first kappa shape index (κ1) is 24.2. The summed E-state index contributed by atoms with van der Waals surface area (Å²) in [6.45, 7) is 4.84. The first-order valence-corrected chi connectivity index (χ1v) is 13.2. The number of para-hydroxylation sites is 1. The van der Waals surface area contributed by atoms with Gasteiger partial charge in [0.05, 0.1) is 10.6 Å². The summed E-state index contributed by atoms with van der Waals surface area (Å²) in [6, 6.07) is 11.1. The van der Waals surface area contributed by atoms with E-state index in [2.05, 4.69) is 11.6 Å². The van der Waals surface area contributed by atoms with E-state index < -0.39 is 15.8 Å². The van der Waals surface area contributed by atoms with Crippen molar-refractivity contribution in [1.82, 2.24) is 9.80 Å². The van der Waals surface area contributed by atoms with Gasteiger partial charge in [0.15, 0.2) is 0 Å². The Balaban J connectivity index is 1.34. The van der Waals surface area contributed by atoms with Crippen molar-refractivity contribution in [3.05, 3.63) is 59.9 Å². The third-order valence-electron chi connectivity index (χ3n) is 6.76. The van der Waals surface area contributed by atoms with Crippen LogP contribution in [0, 0.1) is 17.7 Å². The van der Waals surface area contributed by atoms with Crippen molar-refractivity contribution >= 4 is 27.5 Å². The molecule has 2 aromatic rings. The lowest BCUT2D eigenvalue weighted by atomic mass is 9.92. The Kier molecular flexibility index (Phi) is 7.21. The molecule has 182 valence electrons. The van der Waals surface area contributed by atoms with Crippen LogP contribution >= 0.6 is 0 Å². The van der Waals surface area contributed by atoms with Crippen molar-refractivity contribution in [2.75, 3.05) is 30.9 Å². The molecule has 0 aromatic heterocycles. The van der Waals surface area contributed by atoms with E-state index in [1.807, 2.05) is 4.90 Å². The summed E-state index contributed by atoms with van der Waals surface area (Å²) in [7, 11) is -3.99. The van der Waals surface area contributed by atoms with Crippen LogP contribution in [0.4, 0.5) is 10.1 Å². The number of anilines is 1. The van der Waals surface area contributed by atoms with Gasteiger partial charge < -0.3 is 9.80 Å². The molecular weight excluding hydrogens is 457 g/mol. The van der Waals surface area contributed by atoms with Gasteiger partial charge >= 0.3 is 0 Å². The van der Waals surface area contributed by atoms with Crippen LogP contribution in [0.15, 0.2) is 53.4 Å². The highest BCUT2D eigenvalue weighted by Crippen LogP contribution is 2.25. The summed E-state index contributed by atoms with van der Waals surface area (Å²) < 4.78 is 41.2. The number of sulfonamides is 1. The van der Waals surface area contributed by atoms with Crippen LogP contribution in [0.3, 0.4) is 0 Å². The lowest BCUT2D eigenvalue weighted by molar-refractivity contribution is -0.138. The Morgan fingerprint density at radius 2 is 1.47 bits per heavy atom. The number of hydrogen-bond acceptors (Lipinski definition) is 4. The molecule has 2 aliphatic rings. The van der Waals surface area contributed by atoms with Gasteiger partial charge in [-0.15, -0.1) is 0 Å². The van der Waals surface area contributed by atoms with Gasteiger partial charge in [-0.2, -0.15) is 0 Å². The number of piperidine rings is 2. The summed E-state index contributed by atoms with van der Waals surface area (Å²) in [4.78, 5) is 29.4. The molecule has 0 atom stereocenters. The third-order valence-corrected chi connectivity index (χ3v) is 8.14. The number of carbonyl (C=O) groups is 2. The zero-order valence-corrected chi connectivity index (χ0v) is 20.1. The fourth-order valence-corrected chi connectivity index (χ4v) is 5.59. The molecule has 2 heterocycles. The maximum atomic E-state index is 13.8. The molecule has 0 bridgehead atoms. The second kappa shape index (κ2) is 10.1. The van der Waals surface area contributed by atoms with Gasteiger partial charge in [-0.1, -0.05) is 19.1 Å². The highest BCUT2D eigenvalue weighted by Gasteiger charge is 2.32. The van der Waals surface area contributed by atoms with Crippen LogP contribution in [0.1, 0.15) is 43.0 Å². The Morgan fingerprint density at radius 3 is 2.09 bits per heavy atom. The number of carbonyl (C=O) groups excluding carboxylic acids is 2. The standard InChI is InChI=1S/C25H30FN3O4S/c1-18-10-14-28(15-11-18)25(31)20-12-16-29(17-13-20)24(30)19-6-8-21(9-7-19)34(32,33)27-23-5-3-2-4-22(23)26/h2-9,18,20,27H,10-17H2,1H3. The van der Waals surface area contributed by atoms with Gasteiger partial charge in [-0.25, -0.2) is 12.8 Å². The Hall–Kier alpha value is -2.94. The number of likely N-dealkylation sites (tertiary alicyclic amines) is 2. The molecule has 0 aliphatic carbocycles. The largest absolute Gasteiger partial charge is 0.342 e. The SMILES string of the molecule is CC1CCN(C(=O)C2CCN(C(=O)c3ccc(S(=O)(=O)Nc4ccccc4F)cc3)CC2)CC1. The second-order valence-electron chi connectivity index (χ2n) is 9.18. The summed E-state index contributed by atoms with van der Waals surface area (Å²) in [5.41, 5.74) is 0.235. The van der Waals surface area contributed by atoms with E-state index in [4.69, 9.17) is 0 Å². The minimum Gasteiger partial charge on any atom is -0.342 e. The number of amides is 2. The zero-order chi connectivity index (χ0) is 24.3. The summed E-state index contributed by atoms with van der Waals surface area (Å²) in [6.07, 6.45) is 3.36. The Bertz CT molecular complexity index is 1140. The topological polar surface area (TPSA) is 86.8 Å². The third kappa shape index (κ3) is 5.41. The average molecular weight is 488 g/mol. The van der Waals surface area contributed by atoms with Crippen molar-refractivity contribution in [1.29, 1.82) is 0 Å². The normalized spacial score (nSPS) is 18.1. The van der Waals surface area contributed by atoms with Crippen molar-refractivity contribution < 1.29 is 22.4 Å². The maximum absolute atomic E-state index is 13.8. The molecule has 0 radical (unpaired) electrons. The van der Waals surface area contributed by atoms with Crippen LogP contribution in [0.25, 0.3) is 0 Å². The Labute approximate surface area is 200 Å². The van der Waals surface area contributed by atoms with E-state index in [9.17, 15) is 22.4 Å². The van der Waals surface area contributed by atoms with E-state index in [0.29, 0.717) is 37.4 Å². The minimum atomic E-state index is -3.99. The number of nitrogens with zero attached hydrogens (tertiary/aromatic N) is 2. The first-order valence-electron chi connectivity index (χ1n) is 11.7. The van der Waals surface area contributed by atoms with Crippen molar-refractivity contribution in [2.24, 2.45) is 11.8 Å². The number of benzene rings is 2. The molecule has 0 unspecified atom stereocenters. The molecule has 7 nitrogen and oxygen atoms in total. The van der Waals surface area contributed by atoms with Crippen molar-refractivity contribution in [3.8, 4) is 0 Å². The molecule has 0 spiro atoms. The molecule has 2 fully saturated rings. The average Bonchev–Trinajstić information content (AvgIpc) is 2.85.